The molecule has 3 rings (SSSR count). The van der Waals surface area contributed by atoms with E-state index >= 15 is 0 Å². The highest BCUT2D eigenvalue weighted by Gasteiger charge is 2.38. The van der Waals surface area contributed by atoms with E-state index < -0.39 is 0 Å². The summed E-state index contributed by atoms with van der Waals surface area (Å²) in [6.45, 7) is 7.62. The Balaban J connectivity index is 1.72. The third kappa shape index (κ3) is 3.95. The summed E-state index contributed by atoms with van der Waals surface area (Å²) in [5.74, 6) is 0.528. The Labute approximate surface area is 149 Å². The number of hydrogen-bond acceptors (Lipinski definition) is 4. The highest BCUT2D eigenvalue weighted by atomic mass is 16.5. The van der Waals surface area contributed by atoms with Gasteiger partial charge in [0.25, 0.3) is 0 Å². The fraction of sp³-hybridized carbons (Fsp3) is 0.579. The van der Waals surface area contributed by atoms with Crippen LogP contribution in [0.25, 0.3) is 0 Å². The molecule has 1 aromatic rings. The quantitative estimate of drug-likeness (QED) is 0.832. The molecule has 6 nitrogen and oxygen atoms in total. The lowest BCUT2D eigenvalue weighted by atomic mass is 10.1. The topological polar surface area (TPSA) is 53.1 Å². The molecular formula is C19H27N3O3. The van der Waals surface area contributed by atoms with Crippen LogP contribution in [0, 0.1) is 5.92 Å². The number of hydrogen-bond donors (Lipinski definition) is 0. The molecule has 6 heteroatoms. The van der Waals surface area contributed by atoms with E-state index in [1.54, 1.807) is 4.90 Å². The van der Waals surface area contributed by atoms with Gasteiger partial charge in [-0.15, -0.1) is 0 Å². The second-order valence-corrected chi connectivity index (χ2v) is 7.17. The van der Waals surface area contributed by atoms with Gasteiger partial charge in [-0.1, -0.05) is 12.1 Å². The van der Waals surface area contributed by atoms with Gasteiger partial charge in [0, 0.05) is 39.1 Å². The van der Waals surface area contributed by atoms with Crippen LogP contribution in [0.2, 0.25) is 0 Å². The van der Waals surface area contributed by atoms with E-state index in [9.17, 15) is 9.59 Å². The third-order valence-corrected chi connectivity index (χ3v) is 4.81. The van der Waals surface area contributed by atoms with Gasteiger partial charge in [0.15, 0.2) is 0 Å². The lowest BCUT2D eigenvalue weighted by molar-refractivity contribution is -0.137. The van der Waals surface area contributed by atoms with E-state index in [-0.39, 0.29) is 30.3 Å². The average molecular weight is 345 g/mol. The molecule has 2 heterocycles. The predicted octanol–water partition coefficient (Wildman–Crippen LogP) is 1.60. The summed E-state index contributed by atoms with van der Waals surface area (Å²) in [4.78, 5) is 31.2. The lowest BCUT2D eigenvalue weighted by Crippen LogP contribution is -2.49. The van der Waals surface area contributed by atoms with E-state index in [0.29, 0.717) is 12.3 Å². The van der Waals surface area contributed by atoms with Crippen LogP contribution in [0.1, 0.15) is 20.3 Å². The van der Waals surface area contributed by atoms with Crippen LogP contribution >= 0.6 is 0 Å². The van der Waals surface area contributed by atoms with Crippen molar-refractivity contribution in [3.63, 3.8) is 0 Å². The smallest absolute Gasteiger partial charge is 0.228 e. The van der Waals surface area contributed by atoms with E-state index in [0.717, 1.165) is 31.9 Å². The van der Waals surface area contributed by atoms with E-state index in [4.69, 9.17) is 4.74 Å². The van der Waals surface area contributed by atoms with Gasteiger partial charge in [-0.3, -0.25) is 9.59 Å². The molecule has 0 saturated carbocycles. The Hall–Kier alpha value is -2.08. The van der Waals surface area contributed by atoms with Crippen molar-refractivity contribution in [3.05, 3.63) is 24.3 Å². The third-order valence-electron chi connectivity index (χ3n) is 4.81. The van der Waals surface area contributed by atoms with Crippen LogP contribution in [-0.4, -0.2) is 67.5 Å². The Bertz CT molecular complexity index is 639. The molecule has 0 bridgehead atoms. The molecule has 0 N–H and O–H groups in total. The zero-order valence-corrected chi connectivity index (χ0v) is 15.3. The maximum Gasteiger partial charge on any atom is 0.228 e. The summed E-state index contributed by atoms with van der Waals surface area (Å²) in [7, 11) is 2.06. The Kier molecular flexibility index (Phi) is 5.27. The number of ether oxygens (including phenoxy) is 1. The first-order valence-corrected chi connectivity index (χ1v) is 8.99. The number of para-hydroxylation sites is 2. The number of nitrogens with zero attached hydrogens (tertiary/aromatic N) is 3. The SMILES string of the molecule is CC(C)Oc1ccccc1N1CC(C(=O)N2CCN(C)CC2)CC1=O. The van der Waals surface area contributed by atoms with Crippen LogP contribution in [0.3, 0.4) is 0 Å². The molecule has 1 unspecified atom stereocenters. The van der Waals surface area contributed by atoms with Gasteiger partial charge in [0.2, 0.25) is 11.8 Å². The molecule has 2 amide bonds. The predicted molar refractivity (Wildman–Crippen MR) is 96.7 cm³/mol. The van der Waals surface area contributed by atoms with Crippen LogP contribution < -0.4 is 9.64 Å². The molecular weight excluding hydrogens is 318 g/mol. The minimum atomic E-state index is -0.261. The van der Waals surface area contributed by atoms with E-state index in [2.05, 4.69) is 11.9 Å². The Morgan fingerprint density at radius 2 is 1.84 bits per heavy atom. The minimum absolute atomic E-state index is 0.00714. The zero-order valence-electron chi connectivity index (χ0n) is 15.3. The van der Waals surface area contributed by atoms with Gasteiger partial charge < -0.3 is 19.4 Å². The average Bonchev–Trinajstić information content (AvgIpc) is 2.96. The number of carbonyl (C=O) groups excluding carboxylic acids is 2. The summed E-state index contributed by atoms with van der Waals surface area (Å²) in [6.07, 6.45) is 0.308. The van der Waals surface area contributed by atoms with Crippen molar-refractivity contribution in [1.29, 1.82) is 0 Å². The van der Waals surface area contributed by atoms with Crippen molar-refractivity contribution in [1.82, 2.24) is 9.80 Å². The van der Waals surface area contributed by atoms with Crippen molar-refractivity contribution < 1.29 is 14.3 Å². The van der Waals surface area contributed by atoms with Crippen LogP contribution in [0.15, 0.2) is 24.3 Å². The number of amides is 2. The molecule has 0 radical (unpaired) electrons. The molecule has 0 spiro atoms. The highest BCUT2D eigenvalue weighted by molar-refractivity contribution is 6.01. The van der Waals surface area contributed by atoms with Gasteiger partial charge in [0.1, 0.15) is 5.75 Å². The number of benzene rings is 1. The molecule has 2 aliphatic heterocycles. The van der Waals surface area contributed by atoms with Crippen molar-refractivity contribution in [3.8, 4) is 5.75 Å². The van der Waals surface area contributed by atoms with Crippen molar-refractivity contribution in [2.45, 2.75) is 26.4 Å². The number of carbonyl (C=O) groups is 2. The Morgan fingerprint density at radius 3 is 2.52 bits per heavy atom. The van der Waals surface area contributed by atoms with Crippen molar-refractivity contribution in [2.24, 2.45) is 5.92 Å². The van der Waals surface area contributed by atoms with Gasteiger partial charge in [-0.25, -0.2) is 0 Å². The normalized spacial score (nSPS) is 21.9. The molecule has 136 valence electrons. The molecule has 2 fully saturated rings. The van der Waals surface area contributed by atoms with Gasteiger partial charge in [0.05, 0.1) is 17.7 Å². The van der Waals surface area contributed by atoms with Gasteiger partial charge in [-0.2, -0.15) is 0 Å². The number of likely N-dealkylation sites (N-methyl/N-ethyl adjacent to an activating group) is 1. The van der Waals surface area contributed by atoms with Crippen molar-refractivity contribution >= 4 is 17.5 Å². The standard InChI is InChI=1S/C19H27N3O3/c1-14(2)25-17-7-5-4-6-16(17)22-13-15(12-18(22)23)19(24)21-10-8-20(3)9-11-21/h4-7,14-15H,8-13H2,1-3H3. The Morgan fingerprint density at radius 1 is 1.16 bits per heavy atom. The monoisotopic (exact) mass is 345 g/mol. The van der Waals surface area contributed by atoms with E-state index in [1.165, 1.54) is 0 Å². The fourth-order valence-corrected chi connectivity index (χ4v) is 3.42. The zero-order chi connectivity index (χ0) is 18.0. The lowest BCUT2D eigenvalue weighted by Gasteiger charge is -2.33. The van der Waals surface area contributed by atoms with Crippen molar-refractivity contribution in [2.75, 3.05) is 44.7 Å². The largest absolute Gasteiger partial charge is 0.489 e. The summed E-state index contributed by atoms with van der Waals surface area (Å²) in [5.41, 5.74) is 0.759. The molecule has 2 aliphatic rings. The highest BCUT2D eigenvalue weighted by Crippen LogP contribution is 2.34. The maximum absolute atomic E-state index is 12.8. The minimum Gasteiger partial charge on any atom is -0.489 e. The maximum atomic E-state index is 12.8. The van der Waals surface area contributed by atoms with Crippen LogP contribution in [0.5, 0.6) is 5.75 Å². The first-order valence-electron chi connectivity index (χ1n) is 8.99. The molecule has 0 aliphatic carbocycles. The van der Waals surface area contributed by atoms with Crippen LogP contribution in [0.4, 0.5) is 5.69 Å². The molecule has 0 aromatic heterocycles. The summed E-state index contributed by atoms with van der Waals surface area (Å²) in [5, 5.41) is 0. The van der Waals surface area contributed by atoms with E-state index in [1.807, 2.05) is 43.0 Å². The first kappa shape index (κ1) is 17.7. The first-order chi connectivity index (χ1) is 12.0. The molecule has 1 aromatic carbocycles. The molecule has 1 atom stereocenters. The fourth-order valence-electron chi connectivity index (χ4n) is 3.42. The second kappa shape index (κ2) is 7.44. The van der Waals surface area contributed by atoms with Gasteiger partial charge >= 0.3 is 0 Å². The summed E-state index contributed by atoms with van der Waals surface area (Å²) < 4.78 is 5.84. The number of rotatable bonds is 4. The second-order valence-electron chi connectivity index (χ2n) is 7.17. The van der Waals surface area contributed by atoms with Crippen LogP contribution in [-0.2, 0) is 9.59 Å². The number of anilines is 1. The van der Waals surface area contributed by atoms with Gasteiger partial charge in [-0.05, 0) is 33.0 Å². The molecule has 25 heavy (non-hydrogen) atoms. The number of piperazine rings is 1. The molecule has 2 saturated heterocycles. The summed E-state index contributed by atoms with van der Waals surface area (Å²) >= 11 is 0. The summed E-state index contributed by atoms with van der Waals surface area (Å²) in [6, 6.07) is 7.55.